The fourth-order valence-electron chi connectivity index (χ4n) is 1.35. The number of hydrogen-bond acceptors (Lipinski definition) is 2. The van der Waals surface area contributed by atoms with E-state index in [-0.39, 0.29) is 6.10 Å². The van der Waals surface area contributed by atoms with Gasteiger partial charge in [-0.2, -0.15) is 0 Å². The molecule has 0 aromatic carbocycles. The van der Waals surface area contributed by atoms with Crippen molar-refractivity contribution in [2.45, 2.75) is 46.0 Å². The number of rotatable bonds is 0. The van der Waals surface area contributed by atoms with Gasteiger partial charge >= 0.3 is 0 Å². The zero-order valence-corrected chi connectivity index (χ0v) is 7.83. The molecule has 1 heterocycles. The normalized spacial score (nSPS) is 46.9. The van der Waals surface area contributed by atoms with Crippen LogP contribution in [0.5, 0.6) is 0 Å². The second kappa shape index (κ2) is 3.55. The molecule has 1 rings (SSSR count). The average Bonchev–Trinajstić information content (AvgIpc) is 2.05. The molecule has 0 N–H and O–H groups in total. The Labute approximate surface area is 68.9 Å². The van der Waals surface area contributed by atoms with Crippen LogP contribution in [0.3, 0.4) is 0 Å². The Kier molecular flexibility index (Phi) is 2.90. The predicted octanol–water partition coefficient (Wildman–Crippen LogP) is 1.83. The van der Waals surface area contributed by atoms with E-state index in [1.54, 1.807) is 0 Å². The minimum atomic E-state index is 0.248. The van der Waals surface area contributed by atoms with E-state index in [0.29, 0.717) is 18.1 Å². The van der Waals surface area contributed by atoms with Crippen molar-refractivity contribution in [3.63, 3.8) is 0 Å². The van der Waals surface area contributed by atoms with Gasteiger partial charge in [-0.15, -0.1) is 0 Å². The third-order valence-corrected chi connectivity index (χ3v) is 2.52. The molecule has 2 nitrogen and oxygen atoms in total. The van der Waals surface area contributed by atoms with Gasteiger partial charge in [-0.1, -0.05) is 6.92 Å². The van der Waals surface area contributed by atoms with Crippen LogP contribution in [0.4, 0.5) is 0 Å². The minimum Gasteiger partial charge on any atom is -0.375 e. The van der Waals surface area contributed by atoms with Crippen LogP contribution < -0.4 is 0 Å². The van der Waals surface area contributed by atoms with Crippen molar-refractivity contribution >= 4 is 0 Å². The molecule has 0 amide bonds. The Morgan fingerprint density at radius 2 is 1.64 bits per heavy atom. The van der Waals surface area contributed by atoms with Gasteiger partial charge in [-0.25, -0.2) is 0 Å². The predicted molar refractivity (Wildman–Crippen MR) is 44.6 cm³/mol. The molecule has 1 aliphatic rings. The average molecular weight is 158 g/mol. The molecule has 1 saturated heterocycles. The first-order chi connectivity index (χ1) is 5.11. The summed E-state index contributed by atoms with van der Waals surface area (Å²) in [6.07, 6.45) is 0.898. The van der Waals surface area contributed by atoms with Gasteiger partial charge in [0, 0.05) is 5.92 Å². The van der Waals surface area contributed by atoms with Gasteiger partial charge in [-0.3, -0.25) is 0 Å². The highest BCUT2D eigenvalue weighted by Gasteiger charge is 2.25. The number of ether oxygens (including phenoxy) is 2. The van der Waals surface area contributed by atoms with Gasteiger partial charge in [0.1, 0.15) is 0 Å². The summed E-state index contributed by atoms with van der Waals surface area (Å²) >= 11 is 0. The van der Waals surface area contributed by atoms with E-state index < -0.39 is 0 Å². The smallest absolute Gasteiger partial charge is 0.0784 e. The van der Waals surface area contributed by atoms with Gasteiger partial charge in [0.15, 0.2) is 0 Å². The molecule has 0 radical (unpaired) electrons. The largest absolute Gasteiger partial charge is 0.375 e. The van der Waals surface area contributed by atoms with Crippen LogP contribution in [-0.4, -0.2) is 24.9 Å². The van der Waals surface area contributed by atoms with Crippen molar-refractivity contribution < 1.29 is 9.47 Å². The summed E-state index contributed by atoms with van der Waals surface area (Å²) < 4.78 is 11.2. The molecule has 0 saturated carbocycles. The third kappa shape index (κ3) is 2.17. The van der Waals surface area contributed by atoms with Crippen LogP contribution >= 0.6 is 0 Å². The van der Waals surface area contributed by atoms with E-state index in [4.69, 9.17) is 9.47 Å². The Hall–Kier alpha value is -0.0800. The molecule has 0 aromatic rings. The summed E-state index contributed by atoms with van der Waals surface area (Å²) in [6.45, 7) is 9.19. The molecule has 0 spiro atoms. The molecule has 0 bridgehead atoms. The quantitative estimate of drug-likeness (QED) is 0.535. The lowest BCUT2D eigenvalue weighted by Gasteiger charge is -2.21. The maximum absolute atomic E-state index is 5.67. The van der Waals surface area contributed by atoms with Crippen molar-refractivity contribution in [2.75, 3.05) is 6.61 Å². The SMILES string of the molecule is CC1COC(C)C(C)C(C)O1. The first kappa shape index (κ1) is 9.01. The molecular formula is C9H18O2. The van der Waals surface area contributed by atoms with Crippen molar-refractivity contribution in [1.82, 2.24) is 0 Å². The van der Waals surface area contributed by atoms with Crippen LogP contribution in [0.25, 0.3) is 0 Å². The van der Waals surface area contributed by atoms with Crippen LogP contribution in [0, 0.1) is 5.92 Å². The number of hydrogen-bond donors (Lipinski definition) is 0. The Bertz CT molecular complexity index is 125. The fourth-order valence-corrected chi connectivity index (χ4v) is 1.35. The first-order valence-electron chi connectivity index (χ1n) is 4.38. The minimum absolute atomic E-state index is 0.248. The lowest BCUT2D eigenvalue weighted by molar-refractivity contribution is -0.00888. The standard InChI is InChI=1S/C9H18O2/c1-6-5-10-8(3)7(2)9(4)11-6/h6-9H,5H2,1-4H3. The molecule has 2 heteroatoms. The monoisotopic (exact) mass is 158 g/mol. The van der Waals surface area contributed by atoms with E-state index in [9.17, 15) is 0 Å². The molecule has 0 aliphatic carbocycles. The maximum atomic E-state index is 5.67. The lowest BCUT2D eigenvalue weighted by atomic mass is 10.0. The van der Waals surface area contributed by atoms with Gasteiger partial charge in [-0.05, 0) is 20.8 Å². The van der Waals surface area contributed by atoms with E-state index in [1.165, 1.54) is 0 Å². The fraction of sp³-hybridized carbons (Fsp3) is 1.00. The van der Waals surface area contributed by atoms with Gasteiger partial charge in [0.2, 0.25) is 0 Å². The van der Waals surface area contributed by atoms with Gasteiger partial charge in [0.05, 0.1) is 24.9 Å². The third-order valence-electron chi connectivity index (χ3n) is 2.52. The van der Waals surface area contributed by atoms with E-state index in [1.807, 2.05) is 0 Å². The summed E-state index contributed by atoms with van der Waals surface area (Å²) in [4.78, 5) is 0. The molecule has 1 fully saturated rings. The van der Waals surface area contributed by atoms with Crippen molar-refractivity contribution in [1.29, 1.82) is 0 Å². The van der Waals surface area contributed by atoms with Crippen molar-refractivity contribution in [3.05, 3.63) is 0 Å². The lowest BCUT2D eigenvalue weighted by Crippen LogP contribution is -2.26. The Morgan fingerprint density at radius 1 is 1.00 bits per heavy atom. The highest BCUT2D eigenvalue weighted by molar-refractivity contribution is 4.72. The Morgan fingerprint density at radius 3 is 2.27 bits per heavy atom. The molecule has 1 aliphatic heterocycles. The zero-order chi connectivity index (χ0) is 8.43. The summed E-state index contributed by atoms with van der Waals surface area (Å²) in [5.41, 5.74) is 0. The summed E-state index contributed by atoms with van der Waals surface area (Å²) in [5, 5.41) is 0. The van der Waals surface area contributed by atoms with E-state index >= 15 is 0 Å². The first-order valence-corrected chi connectivity index (χ1v) is 4.38. The second-order valence-corrected chi connectivity index (χ2v) is 3.55. The van der Waals surface area contributed by atoms with E-state index in [0.717, 1.165) is 6.61 Å². The highest BCUT2D eigenvalue weighted by atomic mass is 16.6. The van der Waals surface area contributed by atoms with Crippen LogP contribution in [-0.2, 0) is 9.47 Å². The topological polar surface area (TPSA) is 18.5 Å². The molecule has 0 aromatic heterocycles. The zero-order valence-electron chi connectivity index (χ0n) is 7.83. The summed E-state index contributed by atoms with van der Waals surface area (Å²) in [7, 11) is 0. The van der Waals surface area contributed by atoms with Crippen LogP contribution in [0.15, 0.2) is 0 Å². The van der Waals surface area contributed by atoms with Crippen LogP contribution in [0.1, 0.15) is 27.7 Å². The maximum Gasteiger partial charge on any atom is 0.0784 e. The van der Waals surface area contributed by atoms with Crippen molar-refractivity contribution in [3.8, 4) is 0 Å². The molecule has 4 atom stereocenters. The van der Waals surface area contributed by atoms with Crippen LogP contribution in [0.2, 0.25) is 0 Å². The van der Waals surface area contributed by atoms with Gasteiger partial charge in [0.25, 0.3) is 0 Å². The summed E-state index contributed by atoms with van der Waals surface area (Å²) in [6, 6.07) is 0. The van der Waals surface area contributed by atoms with E-state index in [2.05, 4.69) is 27.7 Å². The Balaban J connectivity index is 2.53. The molecule has 66 valence electrons. The van der Waals surface area contributed by atoms with Gasteiger partial charge < -0.3 is 9.47 Å². The van der Waals surface area contributed by atoms with Crippen molar-refractivity contribution in [2.24, 2.45) is 5.92 Å². The molecular weight excluding hydrogens is 140 g/mol. The molecule has 11 heavy (non-hydrogen) atoms. The second-order valence-electron chi connectivity index (χ2n) is 3.55. The highest BCUT2D eigenvalue weighted by Crippen LogP contribution is 2.20. The molecule has 4 unspecified atom stereocenters. The summed E-state index contributed by atoms with van der Waals surface area (Å²) in [5.74, 6) is 0.500.